The molecule has 1 fully saturated rings. The number of para-hydroxylation sites is 2. The van der Waals surface area contributed by atoms with Gasteiger partial charge in [-0.25, -0.2) is 9.67 Å². The fourth-order valence-corrected chi connectivity index (χ4v) is 5.06. The van der Waals surface area contributed by atoms with Crippen molar-refractivity contribution in [1.82, 2.24) is 29.7 Å². The Morgan fingerprint density at radius 2 is 1.86 bits per heavy atom. The summed E-state index contributed by atoms with van der Waals surface area (Å²) in [4.78, 5) is 7.27. The van der Waals surface area contributed by atoms with Gasteiger partial charge in [-0.15, -0.1) is 11.3 Å². The molecule has 1 aliphatic rings. The summed E-state index contributed by atoms with van der Waals surface area (Å²) in [6.45, 7) is 2.67. The van der Waals surface area contributed by atoms with Crippen molar-refractivity contribution in [2.75, 3.05) is 13.1 Å². The van der Waals surface area contributed by atoms with Crippen LogP contribution in [0.25, 0.3) is 15.9 Å². The highest BCUT2D eigenvalue weighted by molar-refractivity contribution is 7.71. The Balaban J connectivity index is 1.33. The number of hydrogen-bond acceptors (Lipinski definition) is 6. The van der Waals surface area contributed by atoms with E-state index in [0.29, 0.717) is 17.4 Å². The molecule has 0 saturated carbocycles. The number of hydrogen-bond donors (Lipinski definition) is 0. The van der Waals surface area contributed by atoms with Gasteiger partial charge >= 0.3 is 0 Å². The van der Waals surface area contributed by atoms with Crippen LogP contribution < -0.4 is 0 Å². The highest BCUT2D eigenvalue weighted by Crippen LogP contribution is 2.33. The lowest BCUT2D eigenvalue weighted by Gasteiger charge is -2.31. The zero-order valence-electron chi connectivity index (χ0n) is 15.3. The van der Waals surface area contributed by atoms with Crippen LogP contribution in [0.5, 0.6) is 0 Å². The van der Waals surface area contributed by atoms with Gasteiger partial charge in [-0.2, -0.15) is 4.68 Å². The molecule has 0 unspecified atom stereocenters. The fourth-order valence-electron chi connectivity index (χ4n) is 3.73. The zero-order valence-corrected chi connectivity index (χ0v) is 16.9. The van der Waals surface area contributed by atoms with E-state index in [0.717, 1.165) is 30.7 Å². The molecule has 0 bridgehead atoms. The minimum absolute atomic E-state index is 0.462. The molecule has 0 N–H and O–H groups in total. The number of piperidine rings is 1. The smallest absolute Gasteiger partial charge is 0.221 e. The van der Waals surface area contributed by atoms with Crippen LogP contribution in [0.3, 0.4) is 0 Å². The molecule has 2 aromatic heterocycles. The molecule has 1 atom stereocenters. The van der Waals surface area contributed by atoms with E-state index < -0.39 is 0 Å². The molecular formula is C20H20N6S2. The molecular weight excluding hydrogens is 388 g/mol. The van der Waals surface area contributed by atoms with Crippen molar-refractivity contribution >= 4 is 33.8 Å². The number of rotatable bonds is 4. The van der Waals surface area contributed by atoms with E-state index in [-0.39, 0.29) is 0 Å². The lowest BCUT2D eigenvalue weighted by atomic mass is 9.99. The number of aromatic nitrogens is 5. The molecule has 142 valence electrons. The Labute approximate surface area is 172 Å². The second-order valence-corrected chi connectivity index (χ2v) is 8.51. The van der Waals surface area contributed by atoms with E-state index in [1.807, 2.05) is 46.4 Å². The second kappa shape index (κ2) is 7.54. The third-order valence-corrected chi connectivity index (χ3v) is 6.72. The average Bonchev–Trinajstić information content (AvgIpc) is 3.33. The number of benzene rings is 2. The maximum absolute atomic E-state index is 5.61. The number of nitrogens with zero attached hydrogens (tertiary/aromatic N) is 6. The lowest BCUT2D eigenvalue weighted by molar-refractivity contribution is 0.155. The molecule has 3 heterocycles. The largest absolute Gasteiger partial charge is 0.284 e. The Kier molecular flexibility index (Phi) is 4.76. The molecule has 5 rings (SSSR count). The van der Waals surface area contributed by atoms with E-state index in [9.17, 15) is 0 Å². The predicted octanol–water partition coefficient (Wildman–Crippen LogP) is 4.25. The molecule has 2 aromatic carbocycles. The van der Waals surface area contributed by atoms with Crippen molar-refractivity contribution in [3.05, 3.63) is 64.4 Å². The Hall–Kier alpha value is -2.42. The molecule has 6 nitrogen and oxygen atoms in total. The van der Waals surface area contributed by atoms with Crippen LogP contribution in [-0.2, 0) is 6.67 Å². The topological polar surface area (TPSA) is 51.8 Å². The van der Waals surface area contributed by atoms with Crippen molar-refractivity contribution < 1.29 is 0 Å². The van der Waals surface area contributed by atoms with Crippen LogP contribution >= 0.6 is 23.6 Å². The average molecular weight is 409 g/mol. The normalized spacial score (nSPS) is 17.9. The van der Waals surface area contributed by atoms with Crippen LogP contribution in [0.15, 0.2) is 54.6 Å². The van der Waals surface area contributed by atoms with Crippen molar-refractivity contribution in [3.63, 3.8) is 0 Å². The van der Waals surface area contributed by atoms with Gasteiger partial charge in [0.05, 0.1) is 27.6 Å². The van der Waals surface area contributed by atoms with Gasteiger partial charge < -0.3 is 0 Å². The molecule has 1 saturated heterocycles. The van der Waals surface area contributed by atoms with Gasteiger partial charge in [0.15, 0.2) is 0 Å². The SMILES string of the molecule is S=c1n(CN2CCC[C@@H](c3nc4ccccc4s3)C2)nnn1-c1ccccc1. The summed E-state index contributed by atoms with van der Waals surface area (Å²) in [6, 6.07) is 18.3. The molecule has 4 aromatic rings. The van der Waals surface area contributed by atoms with Gasteiger partial charge in [0.1, 0.15) is 0 Å². The van der Waals surface area contributed by atoms with E-state index in [4.69, 9.17) is 17.2 Å². The van der Waals surface area contributed by atoms with Gasteiger partial charge in [-0.1, -0.05) is 30.3 Å². The van der Waals surface area contributed by atoms with Crippen LogP contribution in [0, 0.1) is 4.77 Å². The van der Waals surface area contributed by atoms with Gasteiger partial charge in [-0.3, -0.25) is 4.90 Å². The minimum Gasteiger partial charge on any atom is -0.284 e. The Bertz CT molecular complexity index is 1110. The first-order chi connectivity index (χ1) is 13.8. The first-order valence-electron chi connectivity index (χ1n) is 9.44. The van der Waals surface area contributed by atoms with E-state index in [1.165, 1.54) is 16.1 Å². The first kappa shape index (κ1) is 17.7. The monoisotopic (exact) mass is 408 g/mol. The number of fused-ring (bicyclic) bond motifs is 1. The number of likely N-dealkylation sites (tertiary alicyclic amines) is 1. The fraction of sp³-hybridized carbons (Fsp3) is 0.300. The maximum atomic E-state index is 5.61. The summed E-state index contributed by atoms with van der Waals surface area (Å²) in [5.41, 5.74) is 2.04. The van der Waals surface area contributed by atoms with Crippen molar-refractivity contribution in [2.45, 2.75) is 25.4 Å². The molecule has 0 aliphatic carbocycles. The number of tetrazole rings is 1. The molecule has 0 spiro atoms. The van der Waals surface area contributed by atoms with Crippen LogP contribution in [0.4, 0.5) is 0 Å². The highest BCUT2D eigenvalue weighted by Gasteiger charge is 2.24. The quantitative estimate of drug-likeness (QED) is 0.473. The summed E-state index contributed by atoms with van der Waals surface area (Å²) in [7, 11) is 0. The zero-order chi connectivity index (χ0) is 18.9. The molecule has 0 amide bonds. The Morgan fingerprint density at radius 1 is 1.04 bits per heavy atom. The van der Waals surface area contributed by atoms with E-state index >= 15 is 0 Å². The van der Waals surface area contributed by atoms with E-state index in [1.54, 1.807) is 4.68 Å². The van der Waals surface area contributed by atoms with Gasteiger partial charge in [0.2, 0.25) is 4.77 Å². The molecule has 28 heavy (non-hydrogen) atoms. The predicted molar refractivity (Wildman–Crippen MR) is 113 cm³/mol. The third-order valence-electron chi connectivity index (χ3n) is 5.14. The molecule has 8 heteroatoms. The van der Waals surface area contributed by atoms with Crippen LogP contribution in [-0.4, -0.2) is 42.8 Å². The van der Waals surface area contributed by atoms with Crippen molar-refractivity contribution in [3.8, 4) is 5.69 Å². The number of thiazole rings is 1. The second-order valence-electron chi connectivity index (χ2n) is 7.09. The van der Waals surface area contributed by atoms with Crippen LogP contribution in [0.1, 0.15) is 23.8 Å². The summed E-state index contributed by atoms with van der Waals surface area (Å²) in [5, 5.41) is 9.77. The van der Waals surface area contributed by atoms with Gasteiger partial charge in [0, 0.05) is 12.5 Å². The summed E-state index contributed by atoms with van der Waals surface area (Å²) in [6.07, 6.45) is 2.33. The summed E-state index contributed by atoms with van der Waals surface area (Å²) < 4.78 is 5.41. The minimum atomic E-state index is 0.462. The van der Waals surface area contributed by atoms with E-state index in [2.05, 4.69) is 39.6 Å². The highest BCUT2D eigenvalue weighted by atomic mass is 32.1. The standard InChI is InChI=1S/C20H20N6S2/c27-20-25(22-23-26(20)16-8-2-1-3-9-16)14-24-12-6-7-15(13-24)19-21-17-10-4-5-11-18(17)28-19/h1-5,8-11,15H,6-7,12-14H2/t15-/m1/s1. The lowest BCUT2D eigenvalue weighted by Crippen LogP contribution is -2.36. The molecule has 0 radical (unpaired) electrons. The van der Waals surface area contributed by atoms with Crippen LogP contribution in [0.2, 0.25) is 0 Å². The van der Waals surface area contributed by atoms with Gasteiger partial charge in [0.25, 0.3) is 0 Å². The Morgan fingerprint density at radius 3 is 2.71 bits per heavy atom. The van der Waals surface area contributed by atoms with Gasteiger partial charge in [-0.05, 0) is 66.3 Å². The maximum Gasteiger partial charge on any atom is 0.221 e. The van der Waals surface area contributed by atoms with Crippen molar-refractivity contribution in [1.29, 1.82) is 0 Å². The first-order valence-corrected chi connectivity index (χ1v) is 10.7. The van der Waals surface area contributed by atoms with Crippen molar-refractivity contribution in [2.24, 2.45) is 0 Å². The third kappa shape index (κ3) is 3.39. The molecule has 1 aliphatic heterocycles. The summed E-state index contributed by atoms with van der Waals surface area (Å²) in [5.74, 6) is 0.462. The summed E-state index contributed by atoms with van der Waals surface area (Å²) >= 11 is 7.43.